The lowest BCUT2D eigenvalue weighted by Gasteiger charge is -2.13. The number of carbonyl (C=O) groups is 1. The fourth-order valence-corrected chi connectivity index (χ4v) is 2.72. The van der Waals surface area contributed by atoms with Gasteiger partial charge in [-0.2, -0.15) is 13.2 Å². The first-order chi connectivity index (χ1) is 10.3. The number of carbonyl (C=O) groups excluding carboxylic acids is 1. The van der Waals surface area contributed by atoms with Gasteiger partial charge in [-0.1, -0.05) is 6.92 Å². The molecule has 2 aromatic heterocycles. The average Bonchev–Trinajstić information content (AvgIpc) is 3.12. The number of nitrogens with zero attached hydrogens (tertiary/aromatic N) is 1. The lowest BCUT2D eigenvalue weighted by Crippen LogP contribution is -2.28. The van der Waals surface area contributed by atoms with Crippen LogP contribution in [0, 0.1) is 0 Å². The summed E-state index contributed by atoms with van der Waals surface area (Å²) in [6, 6.07) is 0.898. The summed E-state index contributed by atoms with van der Waals surface area (Å²) in [7, 11) is 0. The van der Waals surface area contributed by atoms with E-state index in [1.807, 2.05) is 0 Å². The third kappa shape index (κ3) is 4.69. The molecule has 23 heavy (non-hydrogen) atoms. The van der Waals surface area contributed by atoms with Gasteiger partial charge in [0.15, 0.2) is 5.69 Å². The largest absolute Gasteiger partial charge is 0.467 e. The first-order valence-electron chi connectivity index (χ1n) is 6.46. The number of nitrogens with one attached hydrogen (secondary N) is 1. The molecule has 10 heteroatoms. The Morgan fingerprint density at radius 2 is 2.22 bits per heavy atom. The number of hydrogen-bond acceptors (Lipinski definition) is 5. The van der Waals surface area contributed by atoms with Crippen molar-refractivity contribution in [2.45, 2.75) is 32.1 Å². The van der Waals surface area contributed by atoms with Crippen LogP contribution in [0.4, 0.5) is 13.2 Å². The van der Waals surface area contributed by atoms with Gasteiger partial charge in [0.25, 0.3) is 5.91 Å². The Kier molecular flexibility index (Phi) is 6.60. The molecule has 0 saturated heterocycles. The second-order valence-corrected chi connectivity index (χ2v) is 5.40. The predicted molar refractivity (Wildman–Crippen MR) is 81.5 cm³/mol. The van der Waals surface area contributed by atoms with E-state index in [0.717, 1.165) is 16.7 Å². The van der Waals surface area contributed by atoms with E-state index in [1.165, 1.54) is 12.3 Å². The number of rotatable bonds is 5. The van der Waals surface area contributed by atoms with Gasteiger partial charge in [-0.25, -0.2) is 4.98 Å². The standard InChI is InChI=1S/C13H14F3N3O2S.ClH/c1-2-9(12-19-10(6-22-12)13(14,15)16)18-11(20)7-3-8(4-17)21-5-7;/h3,5-6,9H,2,4,17H2,1H3,(H,18,20);1H. The van der Waals surface area contributed by atoms with Gasteiger partial charge in [-0.15, -0.1) is 23.7 Å². The van der Waals surface area contributed by atoms with Gasteiger partial charge in [0.1, 0.15) is 17.0 Å². The van der Waals surface area contributed by atoms with Crippen LogP contribution in [0.1, 0.15) is 46.2 Å². The number of thiazole rings is 1. The zero-order valence-electron chi connectivity index (χ0n) is 12.0. The summed E-state index contributed by atoms with van der Waals surface area (Å²) in [5.41, 5.74) is 4.70. The van der Waals surface area contributed by atoms with Crippen molar-refractivity contribution in [1.29, 1.82) is 0 Å². The van der Waals surface area contributed by atoms with Gasteiger partial charge in [-0.3, -0.25) is 4.79 Å². The molecule has 0 aliphatic rings. The van der Waals surface area contributed by atoms with E-state index in [0.29, 0.717) is 12.2 Å². The van der Waals surface area contributed by atoms with Crippen LogP contribution < -0.4 is 11.1 Å². The second-order valence-electron chi connectivity index (χ2n) is 4.51. The van der Waals surface area contributed by atoms with E-state index in [2.05, 4.69) is 10.3 Å². The predicted octanol–water partition coefficient (Wildman–Crippen LogP) is 3.52. The van der Waals surface area contributed by atoms with Gasteiger partial charge in [0.05, 0.1) is 18.2 Å². The number of hydrogen-bond donors (Lipinski definition) is 2. The highest BCUT2D eigenvalue weighted by Gasteiger charge is 2.34. The Morgan fingerprint density at radius 1 is 1.52 bits per heavy atom. The smallest absolute Gasteiger partial charge is 0.434 e. The van der Waals surface area contributed by atoms with Crippen LogP contribution in [0.2, 0.25) is 0 Å². The number of amides is 1. The van der Waals surface area contributed by atoms with E-state index in [1.54, 1.807) is 6.92 Å². The van der Waals surface area contributed by atoms with E-state index in [4.69, 9.17) is 10.2 Å². The molecule has 128 valence electrons. The van der Waals surface area contributed by atoms with E-state index >= 15 is 0 Å². The molecule has 5 nitrogen and oxygen atoms in total. The van der Waals surface area contributed by atoms with Crippen molar-refractivity contribution in [3.63, 3.8) is 0 Å². The molecule has 2 aromatic rings. The van der Waals surface area contributed by atoms with Crippen LogP contribution in [-0.2, 0) is 12.7 Å². The van der Waals surface area contributed by atoms with E-state index in [9.17, 15) is 18.0 Å². The van der Waals surface area contributed by atoms with E-state index < -0.39 is 23.8 Å². The molecule has 0 saturated carbocycles. The first-order valence-corrected chi connectivity index (χ1v) is 7.34. The summed E-state index contributed by atoms with van der Waals surface area (Å²) in [5.74, 6) is 0.00543. The monoisotopic (exact) mass is 369 g/mol. The molecule has 3 N–H and O–H groups in total. The summed E-state index contributed by atoms with van der Waals surface area (Å²) in [4.78, 5) is 15.6. The van der Waals surface area contributed by atoms with Crippen molar-refractivity contribution in [1.82, 2.24) is 10.3 Å². The van der Waals surface area contributed by atoms with Crippen molar-refractivity contribution in [3.8, 4) is 0 Å². The van der Waals surface area contributed by atoms with Gasteiger partial charge in [0.2, 0.25) is 0 Å². The molecule has 0 aliphatic carbocycles. The maximum atomic E-state index is 12.6. The molecule has 1 atom stereocenters. The van der Waals surface area contributed by atoms with Gasteiger partial charge >= 0.3 is 6.18 Å². The maximum absolute atomic E-state index is 12.6. The lowest BCUT2D eigenvalue weighted by molar-refractivity contribution is -0.140. The molecule has 2 heterocycles. The zero-order chi connectivity index (χ0) is 16.3. The number of furan rings is 1. The minimum Gasteiger partial charge on any atom is -0.467 e. The number of halogens is 4. The summed E-state index contributed by atoms with van der Waals surface area (Å²) in [5, 5.41) is 3.79. The highest BCUT2D eigenvalue weighted by molar-refractivity contribution is 7.09. The number of aromatic nitrogens is 1. The first kappa shape index (κ1) is 19.5. The number of nitrogens with two attached hydrogens (primary N) is 1. The van der Waals surface area contributed by atoms with E-state index in [-0.39, 0.29) is 29.5 Å². The van der Waals surface area contributed by atoms with Crippen molar-refractivity contribution in [2.75, 3.05) is 0 Å². The molecule has 2 rings (SSSR count). The summed E-state index contributed by atoms with van der Waals surface area (Å²) in [6.07, 6.45) is -2.82. The van der Waals surface area contributed by atoms with Crippen LogP contribution in [0.3, 0.4) is 0 Å². The van der Waals surface area contributed by atoms with Gasteiger partial charge < -0.3 is 15.5 Å². The molecular formula is C13H15ClF3N3O2S. The fraction of sp³-hybridized carbons (Fsp3) is 0.385. The minimum absolute atomic E-state index is 0. The minimum atomic E-state index is -4.49. The zero-order valence-corrected chi connectivity index (χ0v) is 13.6. The maximum Gasteiger partial charge on any atom is 0.434 e. The van der Waals surface area contributed by atoms with Gasteiger partial charge in [0, 0.05) is 5.38 Å². The molecule has 0 bridgehead atoms. The highest BCUT2D eigenvalue weighted by Crippen LogP contribution is 2.32. The summed E-state index contributed by atoms with van der Waals surface area (Å²) in [6.45, 7) is 1.91. The highest BCUT2D eigenvalue weighted by atomic mass is 35.5. The Morgan fingerprint density at radius 3 is 2.70 bits per heavy atom. The third-order valence-electron chi connectivity index (χ3n) is 2.94. The third-order valence-corrected chi connectivity index (χ3v) is 3.90. The van der Waals surface area contributed by atoms with Gasteiger partial charge in [-0.05, 0) is 12.5 Å². The molecule has 1 amide bonds. The molecule has 0 radical (unpaired) electrons. The molecule has 1 unspecified atom stereocenters. The molecular weight excluding hydrogens is 355 g/mol. The van der Waals surface area contributed by atoms with Crippen molar-refractivity contribution < 1.29 is 22.4 Å². The van der Waals surface area contributed by atoms with Crippen LogP contribution in [0.15, 0.2) is 22.1 Å². The molecule has 0 spiro atoms. The SMILES string of the molecule is CCC(NC(=O)c1coc(CN)c1)c1nc(C(F)(F)F)cs1.Cl. The Labute approximate surface area is 140 Å². The Bertz CT molecular complexity index is 657. The Balaban J connectivity index is 0.00000264. The van der Waals surface area contributed by atoms with Crippen LogP contribution in [-0.4, -0.2) is 10.9 Å². The summed E-state index contributed by atoms with van der Waals surface area (Å²) < 4.78 is 42.8. The molecule has 0 fully saturated rings. The van der Waals surface area contributed by atoms with Crippen LogP contribution in [0.25, 0.3) is 0 Å². The fourth-order valence-electron chi connectivity index (χ4n) is 1.76. The number of alkyl halides is 3. The molecule has 0 aliphatic heterocycles. The average molecular weight is 370 g/mol. The quantitative estimate of drug-likeness (QED) is 0.845. The lowest BCUT2D eigenvalue weighted by atomic mass is 10.2. The van der Waals surface area contributed by atoms with Crippen molar-refractivity contribution in [2.24, 2.45) is 5.73 Å². The normalized spacial score (nSPS) is 12.6. The summed E-state index contributed by atoms with van der Waals surface area (Å²) >= 11 is 0.867. The van der Waals surface area contributed by atoms with Crippen LogP contribution in [0.5, 0.6) is 0 Å². The van der Waals surface area contributed by atoms with Crippen molar-refractivity contribution in [3.05, 3.63) is 39.7 Å². The second kappa shape index (κ2) is 7.80. The van der Waals surface area contributed by atoms with Crippen molar-refractivity contribution >= 4 is 29.7 Å². The topological polar surface area (TPSA) is 81.2 Å². The van der Waals surface area contributed by atoms with Crippen LogP contribution >= 0.6 is 23.7 Å². The Hall–Kier alpha value is -1.58. The molecule has 0 aromatic carbocycles.